The zero-order chi connectivity index (χ0) is 39.1. The lowest BCUT2D eigenvalue weighted by Crippen LogP contribution is -2.25. The highest BCUT2D eigenvalue weighted by Gasteiger charge is 2.39. The van der Waals surface area contributed by atoms with Gasteiger partial charge in [0.05, 0.1) is 19.1 Å². The van der Waals surface area contributed by atoms with E-state index < -0.39 is 35.4 Å². The normalized spacial score (nSPS) is 29.8. The van der Waals surface area contributed by atoms with E-state index in [2.05, 4.69) is 13.8 Å². The number of ether oxygens (including phenoxy) is 2. The summed E-state index contributed by atoms with van der Waals surface area (Å²) in [7, 11) is 0. The van der Waals surface area contributed by atoms with Crippen molar-refractivity contribution in [2.75, 3.05) is 13.2 Å². The van der Waals surface area contributed by atoms with Crippen molar-refractivity contribution in [2.45, 2.75) is 160 Å². The molecule has 4 saturated carbocycles. The molecule has 4 fully saturated rings. The largest absolute Gasteiger partial charge is 0.490 e. The van der Waals surface area contributed by atoms with Gasteiger partial charge in [0.1, 0.15) is 0 Å². The molecule has 0 atom stereocenters. The van der Waals surface area contributed by atoms with Gasteiger partial charge in [-0.3, -0.25) is 0 Å². The Hall–Kier alpha value is -2.45. The van der Waals surface area contributed by atoms with E-state index in [9.17, 15) is 13.2 Å². The lowest BCUT2D eigenvalue weighted by molar-refractivity contribution is -0.179. The molecule has 0 aromatic heterocycles. The first-order valence-corrected chi connectivity index (χ1v) is 21.7. The van der Waals surface area contributed by atoms with E-state index in [1.807, 2.05) is 0 Å². The third-order valence-electron chi connectivity index (χ3n) is 14.4. The predicted octanol–water partition coefficient (Wildman–Crippen LogP) is 14.6. The van der Waals surface area contributed by atoms with Crippen molar-refractivity contribution in [3.05, 3.63) is 58.7 Å². The maximum absolute atomic E-state index is 15.2. The summed E-state index contributed by atoms with van der Waals surface area (Å²) < 4.78 is 113. The average molecular weight is 781 g/mol. The third kappa shape index (κ3) is 10.9. The van der Waals surface area contributed by atoms with Crippen LogP contribution in [0.4, 0.5) is 30.7 Å². The van der Waals surface area contributed by atoms with E-state index in [4.69, 9.17) is 9.47 Å². The number of hydrogen-bond acceptors (Lipinski definition) is 2. The molecule has 0 saturated heterocycles. The first-order valence-electron chi connectivity index (χ1n) is 21.7. The molecule has 4 aliphatic carbocycles. The molecule has 0 bridgehead atoms. The molecule has 0 heterocycles. The Kier molecular flexibility index (Phi) is 14.8. The highest BCUT2D eigenvalue weighted by molar-refractivity contribution is 5.34. The summed E-state index contributed by atoms with van der Waals surface area (Å²) in [6.07, 6.45) is 12.5. The summed E-state index contributed by atoms with van der Waals surface area (Å²) in [5.41, 5.74) is 0.723. The molecule has 4 aliphatic rings. The van der Waals surface area contributed by atoms with Gasteiger partial charge in [-0.25, -0.2) is 8.78 Å². The van der Waals surface area contributed by atoms with Gasteiger partial charge in [-0.2, -0.15) is 22.0 Å². The highest BCUT2D eigenvalue weighted by Crippen LogP contribution is 2.47. The average Bonchev–Trinajstić information content (AvgIpc) is 3.18. The Morgan fingerprint density at radius 2 is 0.818 bits per heavy atom. The summed E-state index contributed by atoms with van der Waals surface area (Å²) in [4.78, 5) is 0. The first kappa shape index (κ1) is 42.2. The number of hydrogen-bond donors (Lipinski definition) is 0. The lowest BCUT2D eigenvalue weighted by Gasteiger charge is -2.37. The molecule has 2 aromatic carbocycles. The Labute approximate surface area is 324 Å². The van der Waals surface area contributed by atoms with E-state index in [-0.39, 0.29) is 62.2 Å². The molecule has 2 aromatic rings. The summed E-state index contributed by atoms with van der Waals surface area (Å²) >= 11 is 0. The highest BCUT2D eigenvalue weighted by atomic mass is 19.4. The molecule has 0 amide bonds. The number of alkyl halides is 3. The minimum Gasteiger partial charge on any atom is -0.490 e. The van der Waals surface area contributed by atoms with Crippen molar-refractivity contribution < 1.29 is 40.2 Å². The standard InChI is InChI=1S/C46H63F7O2/c1-29-7-11-31(12-8-29)33-15-19-35(20-16-33)38-23-25-40(44(49)42(38)47)54-27-3-5-37(46(51,52)53)6-4-28-55-41-26-24-39(43(48)45(41)50)36-21-17-34(18-22-36)32-13-9-30(2)10-14-32/h23-26,29-37H,3-22,27-28H2,1-2H3. The summed E-state index contributed by atoms with van der Waals surface area (Å²) in [6, 6.07) is 5.95. The van der Waals surface area contributed by atoms with Crippen molar-refractivity contribution in [3.63, 3.8) is 0 Å². The fourth-order valence-electron chi connectivity index (χ4n) is 10.8. The number of benzene rings is 2. The van der Waals surface area contributed by atoms with Crippen LogP contribution >= 0.6 is 0 Å². The van der Waals surface area contributed by atoms with Crippen molar-refractivity contribution >= 4 is 0 Å². The van der Waals surface area contributed by atoms with Gasteiger partial charge in [0, 0.05) is 0 Å². The summed E-state index contributed by atoms with van der Waals surface area (Å²) in [5, 5.41) is 0. The first-order chi connectivity index (χ1) is 26.4. The van der Waals surface area contributed by atoms with Gasteiger partial charge in [-0.1, -0.05) is 51.7 Å². The van der Waals surface area contributed by atoms with Crippen molar-refractivity contribution in [3.8, 4) is 11.5 Å². The van der Waals surface area contributed by atoms with E-state index in [1.54, 1.807) is 12.1 Å². The zero-order valence-corrected chi connectivity index (χ0v) is 33.0. The molecule has 0 radical (unpaired) electrons. The second kappa shape index (κ2) is 19.3. The minimum atomic E-state index is -4.49. The molecule has 55 heavy (non-hydrogen) atoms. The monoisotopic (exact) mass is 780 g/mol. The molecule has 6 rings (SSSR count). The maximum Gasteiger partial charge on any atom is 0.391 e. The molecular formula is C46H63F7O2. The lowest BCUT2D eigenvalue weighted by atomic mass is 9.68. The Balaban J connectivity index is 0.912. The minimum absolute atomic E-state index is 0.0130. The smallest absolute Gasteiger partial charge is 0.391 e. The van der Waals surface area contributed by atoms with E-state index in [1.165, 1.54) is 63.5 Å². The van der Waals surface area contributed by atoms with Gasteiger partial charge in [0.25, 0.3) is 0 Å². The SMILES string of the molecule is CC1CCC(C2CCC(c3ccc(OCCCC(CCCOc4ccc(C5CCC(C6CCC(C)CC6)CC5)c(F)c4F)C(F)(F)F)c(F)c3F)CC2)CC1. The van der Waals surface area contributed by atoms with Crippen LogP contribution < -0.4 is 9.47 Å². The zero-order valence-electron chi connectivity index (χ0n) is 33.0. The molecule has 308 valence electrons. The van der Waals surface area contributed by atoms with Gasteiger partial charge < -0.3 is 9.47 Å². The van der Waals surface area contributed by atoms with Crippen LogP contribution in [-0.2, 0) is 0 Å². The van der Waals surface area contributed by atoms with Gasteiger partial charge in [-0.05, 0) is 173 Å². The fraction of sp³-hybridized carbons (Fsp3) is 0.739. The molecule has 9 heteroatoms. The van der Waals surface area contributed by atoms with Crippen LogP contribution in [-0.4, -0.2) is 19.4 Å². The Bertz CT molecular complexity index is 1390. The second-order valence-electron chi connectivity index (χ2n) is 18.0. The van der Waals surface area contributed by atoms with Gasteiger partial charge >= 0.3 is 6.18 Å². The van der Waals surface area contributed by atoms with E-state index >= 15 is 17.6 Å². The third-order valence-corrected chi connectivity index (χ3v) is 14.4. The molecule has 0 aliphatic heterocycles. The molecular weight excluding hydrogens is 717 g/mol. The van der Waals surface area contributed by atoms with Crippen LogP contribution in [0.1, 0.15) is 165 Å². The summed E-state index contributed by atoms with van der Waals surface area (Å²) in [5.74, 6) is -1.94. The van der Waals surface area contributed by atoms with Crippen LogP contribution in [0.15, 0.2) is 24.3 Å². The molecule has 2 nitrogen and oxygen atoms in total. The molecule has 0 unspecified atom stereocenters. The fourth-order valence-corrected chi connectivity index (χ4v) is 10.8. The Morgan fingerprint density at radius 3 is 1.15 bits per heavy atom. The number of halogens is 7. The van der Waals surface area contributed by atoms with Crippen molar-refractivity contribution in [1.82, 2.24) is 0 Å². The van der Waals surface area contributed by atoms with Crippen LogP contribution in [0.2, 0.25) is 0 Å². The van der Waals surface area contributed by atoms with Gasteiger partial charge in [0.15, 0.2) is 23.1 Å². The predicted molar refractivity (Wildman–Crippen MR) is 203 cm³/mol. The molecule has 0 spiro atoms. The van der Waals surface area contributed by atoms with Gasteiger partial charge in [-0.15, -0.1) is 0 Å². The van der Waals surface area contributed by atoms with E-state index in [0.717, 1.165) is 75.0 Å². The van der Waals surface area contributed by atoms with Crippen molar-refractivity contribution in [1.29, 1.82) is 0 Å². The van der Waals surface area contributed by atoms with Crippen molar-refractivity contribution in [2.24, 2.45) is 41.4 Å². The van der Waals surface area contributed by atoms with Crippen LogP contribution in [0.25, 0.3) is 0 Å². The number of rotatable bonds is 14. The van der Waals surface area contributed by atoms with Crippen LogP contribution in [0.5, 0.6) is 11.5 Å². The Morgan fingerprint density at radius 1 is 0.491 bits per heavy atom. The second-order valence-corrected chi connectivity index (χ2v) is 18.0. The van der Waals surface area contributed by atoms with Crippen LogP contribution in [0.3, 0.4) is 0 Å². The van der Waals surface area contributed by atoms with Gasteiger partial charge in [0.2, 0.25) is 11.6 Å². The topological polar surface area (TPSA) is 18.5 Å². The van der Waals surface area contributed by atoms with Crippen LogP contribution in [0, 0.1) is 64.7 Å². The van der Waals surface area contributed by atoms with E-state index in [0.29, 0.717) is 23.0 Å². The maximum atomic E-state index is 15.2. The summed E-state index contributed by atoms with van der Waals surface area (Å²) in [6.45, 7) is 4.24. The molecule has 0 N–H and O–H groups in total. The quantitative estimate of drug-likeness (QED) is 0.140.